The second-order valence-electron chi connectivity index (χ2n) is 5.52. The van der Waals surface area contributed by atoms with E-state index in [1.54, 1.807) is 12.1 Å². The molecule has 4 nitrogen and oxygen atoms in total. The smallest absolute Gasteiger partial charge is 0.132 e. The second-order valence-corrected chi connectivity index (χ2v) is 5.91. The van der Waals surface area contributed by atoms with Crippen molar-refractivity contribution in [3.8, 4) is 6.07 Å². The molecule has 1 N–H and O–H groups in total. The van der Waals surface area contributed by atoms with Crippen molar-refractivity contribution in [2.75, 3.05) is 31.5 Å². The van der Waals surface area contributed by atoms with Gasteiger partial charge in [0.1, 0.15) is 11.0 Å². The summed E-state index contributed by atoms with van der Waals surface area (Å²) >= 11 is 5.89. The van der Waals surface area contributed by atoms with E-state index in [9.17, 15) is 0 Å². The molecule has 2 heterocycles. The monoisotopic (exact) mass is 292 g/mol. The Morgan fingerprint density at radius 1 is 1.40 bits per heavy atom. The fourth-order valence-electron chi connectivity index (χ4n) is 2.58. The minimum absolute atomic E-state index is 0.357. The number of nitriles is 1. The number of likely N-dealkylation sites (tertiary alicyclic amines) is 1. The van der Waals surface area contributed by atoms with Crippen molar-refractivity contribution in [2.45, 2.75) is 26.2 Å². The molecule has 1 saturated heterocycles. The van der Waals surface area contributed by atoms with Gasteiger partial charge < -0.3 is 10.2 Å². The highest BCUT2D eigenvalue weighted by molar-refractivity contribution is 6.29. The third-order valence-electron chi connectivity index (χ3n) is 3.57. The predicted molar refractivity (Wildman–Crippen MR) is 81.9 cm³/mol. The van der Waals surface area contributed by atoms with Gasteiger partial charge in [0.25, 0.3) is 0 Å². The lowest BCUT2D eigenvalue weighted by Gasteiger charge is -2.29. The van der Waals surface area contributed by atoms with Gasteiger partial charge in [-0.25, -0.2) is 4.98 Å². The molecular weight excluding hydrogens is 272 g/mol. The van der Waals surface area contributed by atoms with Gasteiger partial charge in [-0.15, -0.1) is 0 Å². The van der Waals surface area contributed by atoms with Gasteiger partial charge in [0, 0.05) is 13.1 Å². The maximum Gasteiger partial charge on any atom is 0.132 e. The molecule has 5 heteroatoms. The Hall–Kier alpha value is -1.31. The minimum Gasteiger partial charge on any atom is -0.370 e. The van der Waals surface area contributed by atoms with Crippen LogP contribution in [-0.4, -0.2) is 36.1 Å². The molecule has 0 saturated carbocycles. The molecule has 1 aromatic rings. The van der Waals surface area contributed by atoms with Crippen LogP contribution in [0.5, 0.6) is 0 Å². The first-order chi connectivity index (χ1) is 9.67. The molecule has 0 bridgehead atoms. The van der Waals surface area contributed by atoms with Gasteiger partial charge in [0.15, 0.2) is 0 Å². The molecule has 1 fully saturated rings. The van der Waals surface area contributed by atoms with Crippen molar-refractivity contribution in [3.05, 3.63) is 22.8 Å². The quantitative estimate of drug-likeness (QED) is 0.847. The Kier molecular flexibility index (Phi) is 5.63. The molecule has 0 amide bonds. The first kappa shape index (κ1) is 15.1. The van der Waals surface area contributed by atoms with Crippen molar-refractivity contribution >= 4 is 17.4 Å². The third-order valence-corrected chi connectivity index (χ3v) is 3.77. The fraction of sp³-hybridized carbons (Fsp3) is 0.600. The summed E-state index contributed by atoms with van der Waals surface area (Å²) in [5.74, 6) is 1.22. The van der Waals surface area contributed by atoms with E-state index in [0.717, 1.165) is 13.1 Å². The van der Waals surface area contributed by atoms with Crippen LogP contribution < -0.4 is 5.32 Å². The lowest BCUT2D eigenvalue weighted by Crippen LogP contribution is -2.35. The highest BCUT2D eigenvalue weighted by atomic mass is 35.5. The van der Waals surface area contributed by atoms with Crippen LogP contribution in [0.1, 0.15) is 31.7 Å². The number of aromatic nitrogens is 1. The van der Waals surface area contributed by atoms with Gasteiger partial charge in [-0.1, -0.05) is 24.9 Å². The van der Waals surface area contributed by atoms with E-state index in [-0.39, 0.29) is 0 Å². The van der Waals surface area contributed by atoms with Gasteiger partial charge in [0.05, 0.1) is 11.6 Å². The van der Waals surface area contributed by atoms with Crippen LogP contribution in [0.4, 0.5) is 5.82 Å². The van der Waals surface area contributed by atoms with Crippen molar-refractivity contribution in [2.24, 2.45) is 5.92 Å². The minimum atomic E-state index is 0.357. The maximum absolute atomic E-state index is 8.91. The summed E-state index contributed by atoms with van der Waals surface area (Å²) in [5, 5.41) is 12.5. The molecule has 20 heavy (non-hydrogen) atoms. The molecule has 1 aromatic heterocycles. The fourth-order valence-corrected chi connectivity index (χ4v) is 2.79. The van der Waals surface area contributed by atoms with E-state index in [1.165, 1.54) is 32.4 Å². The van der Waals surface area contributed by atoms with E-state index in [2.05, 4.69) is 28.2 Å². The van der Waals surface area contributed by atoms with Gasteiger partial charge in [-0.05, 0) is 44.0 Å². The van der Waals surface area contributed by atoms with E-state index in [0.29, 0.717) is 22.5 Å². The van der Waals surface area contributed by atoms with Gasteiger partial charge >= 0.3 is 0 Å². The normalized spacial score (nSPS) is 17.4. The molecule has 108 valence electrons. The number of hydrogen-bond acceptors (Lipinski definition) is 4. The Labute approximate surface area is 125 Å². The lowest BCUT2D eigenvalue weighted by molar-refractivity contribution is 0.204. The van der Waals surface area contributed by atoms with Crippen LogP contribution in [0, 0.1) is 17.2 Å². The predicted octanol–water partition coefficient (Wildman–Crippen LogP) is 3.14. The van der Waals surface area contributed by atoms with Crippen molar-refractivity contribution < 1.29 is 0 Å². The first-order valence-corrected chi connectivity index (χ1v) is 7.59. The summed E-state index contributed by atoms with van der Waals surface area (Å²) in [5.41, 5.74) is 0.538. The van der Waals surface area contributed by atoms with Crippen LogP contribution in [0.3, 0.4) is 0 Å². The van der Waals surface area contributed by atoms with Crippen LogP contribution in [0.25, 0.3) is 0 Å². The molecule has 1 unspecified atom stereocenters. The van der Waals surface area contributed by atoms with Crippen LogP contribution >= 0.6 is 11.6 Å². The van der Waals surface area contributed by atoms with Gasteiger partial charge in [0.2, 0.25) is 0 Å². The number of nitrogens with zero attached hydrogens (tertiary/aromatic N) is 3. The van der Waals surface area contributed by atoms with E-state index < -0.39 is 0 Å². The van der Waals surface area contributed by atoms with Crippen LogP contribution in [0.15, 0.2) is 12.1 Å². The summed E-state index contributed by atoms with van der Waals surface area (Å²) in [6, 6.07) is 5.40. The van der Waals surface area contributed by atoms with Crippen LogP contribution in [-0.2, 0) is 0 Å². The van der Waals surface area contributed by atoms with E-state index in [4.69, 9.17) is 16.9 Å². The average molecular weight is 293 g/mol. The molecule has 0 aromatic carbocycles. The molecule has 0 aliphatic carbocycles. The number of halogens is 1. The number of nitrogens with one attached hydrogen (secondary N) is 1. The Bertz CT molecular complexity index is 477. The van der Waals surface area contributed by atoms with Crippen LogP contribution in [0.2, 0.25) is 5.15 Å². The molecule has 1 aliphatic rings. The molecule has 0 radical (unpaired) electrons. The number of piperidine rings is 1. The van der Waals surface area contributed by atoms with Crippen molar-refractivity contribution in [1.82, 2.24) is 9.88 Å². The summed E-state index contributed by atoms with van der Waals surface area (Å²) in [6.45, 7) is 6.63. The van der Waals surface area contributed by atoms with Gasteiger partial charge in [-0.3, -0.25) is 0 Å². The zero-order chi connectivity index (χ0) is 14.4. The van der Waals surface area contributed by atoms with E-state index in [1.807, 2.05) is 0 Å². The number of pyridine rings is 1. The first-order valence-electron chi connectivity index (χ1n) is 7.21. The SMILES string of the molecule is CC(CNc1cc(C#N)cc(Cl)n1)CN1CCCCC1. The zero-order valence-electron chi connectivity index (χ0n) is 11.9. The topological polar surface area (TPSA) is 52.0 Å². The number of anilines is 1. The highest BCUT2D eigenvalue weighted by Gasteiger charge is 2.13. The standard InChI is InChI=1S/C15H21ClN4/c1-12(11-20-5-3-2-4-6-20)10-18-15-8-13(9-17)7-14(16)19-15/h7-8,12H,2-6,10-11H2,1H3,(H,18,19). The highest BCUT2D eigenvalue weighted by Crippen LogP contribution is 2.15. The second kappa shape index (κ2) is 7.47. The average Bonchev–Trinajstić information content (AvgIpc) is 2.45. The number of hydrogen-bond donors (Lipinski definition) is 1. The summed E-state index contributed by atoms with van der Waals surface area (Å²) in [6.07, 6.45) is 4.01. The zero-order valence-corrected chi connectivity index (χ0v) is 12.7. The lowest BCUT2D eigenvalue weighted by atomic mass is 10.1. The van der Waals surface area contributed by atoms with Crippen molar-refractivity contribution in [1.29, 1.82) is 5.26 Å². The Balaban J connectivity index is 1.82. The number of rotatable bonds is 5. The summed E-state index contributed by atoms with van der Waals surface area (Å²) < 4.78 is 0. The van der Waals surface area contributed by atoms with Crippen molar-refractivity contribution in [3.63, 3.8) is 0 Å². The Morgan fingerprint density at radius 3 is 2.85 bits per heavy atom. The summed E-state index contributed by atoms with van der Waals surface area (Å²) in [4.78, 5) is 6.72. The Morgan fingerprint density at radius 2 is 2.15 bits per heavy atom. The molecular formula is C15H21ClN4. The third kappa shape index (κ3) is 4.66. The summed E-state index contributed by atoms with van der Waals surface area (Å²) in [7, 11) is 0. The molecule has 1 atom stereocenters. The largest absolute Gasteiger partial charge is 0.370 e. The molecule has 2 rings (SSSR count). The molecule has 1 aliphatic heterocycles. The van der Waals surface area contributed by atoms with Gasteiger partial charge in [-0.2, -0.15) is 5.26 Å². The van der Waals surface area contributed by atoms with E-state index >= 15 is 0 Å². The molecule has 0 spiro atoms. The maximum atomic E-state index is 8.91.